The number of aryl methyl sites for hydroxylation is 1. The number of aromatic nitrogens is 2. The molecule has 4 rings (SSSR count). The maximum Gasteiger partial charge on any atom is 1.00 e. The number of carbonyl (C=O) groups excluding carboxylic acids is 3. The van der Waals surface area contributed by atoms with Crippen LogP contribution in [0.4, 0.5) is 5.82 Å². The average Bonchev–Trinajstić information content (AvgIpc) is 3.09. The van der Waals surface area contributed by atoms with Crippen LogP contribution in [0.2, 0.25) is 0 Å². The summed E-state index contributed by atoms with van der Waals surface area (Å²) in [6, 6.07) is 5.06. The fourth-order valence-corrected chi connectivity index (χ4v) is 4.86. The summed E-state index contributed by atoms with van der Waals surface area (Å²) in [6.45, 7) is 14.8. The van der Waals surface area contributed by atoms with Crippen LogP contribution in [0.15, 0.2) is 52.6 Å². The van der Waals surface area contributed by atoms with E-state index in [9.17, 15) is 19.2 Å². The molecule has 13 nitrogen and oxygen atoms in total. The summed E-state index contributed by atoms with van der Waals surface area (Å²) in [6.07, 6.45) is 12.5. The second-order valence-corrected chi connectivity index (χ2v) is 10.7. The van der Waals surface area contributed by atoms with Crippen molar-refractivity contribution < 1.29 is 61.6 Å². The minimum Gasteiger partial charge on any atom is -0.550 e. The van der Waals surface area contributed by atoms with Gasteiger partial charge in [-0.3, -0.25) is 19.7 Å². The number of piperidine rings is 1. The Hall–Kier alpha value is -4.11. The number of methoxy groups -OCH3 is 2. The third-order valence-electron chi connectivity index (χ3n) is 7.45. The zero-order chi connectivity index (χ0) is 35.4. The number of rotatable bonds is 13. The molecule has 50 heavy (non-hydrogen) atoms. The molecular weight excluding hydrogens is 628 g/mol. The van der Waals surface area contributed by atoms with E-state index < -0.39 is 11.9 Å². The third-order valence-corrected chi connectivity index (χ3v) is 7.45. The number of hydrogen-bond donors (Lipinski definition) is 1. The van der Waals surface area contributed by atoms with Crippen LogP contribution in [0.25, 0.3) is 21.9 Å². The van der Waals surface area contributed by atoms with Gasteiger partial charge in [0.15, 0.2) is 0 Å². The van der Waals surface area contributed by atoms with Crippen LogP contribution < -0.4 is 63.0 Å². The third kappa shape index (κ3) is 10.9. The van der Waals surface area contributed by atoms with Crippen LogP contribution in [0, 0.1) is 26.5 Å². The van der Waals surface area contributed by atoms with E-state index in [1.165, 1.54) is 12.5 Å². The first-order chi connectivity index (χ1) is 23.0. The Balaban J connectivity index is 0.000000563. The van der Waals surface area contributed by atoms with Crippen LogP contribution in [-0.4, -0.2) is 91.3 Å². The zero-order valence-corrected chi connectivity index (χ0v) is 29.8. The first-order valence-electron chi connectivity index (χ1n) is 14.8. The van der Waals surface area contributed by atoms with Crippen LogP contribution in [0.1, 0.15) is 18.4 Å². The average molecular weight is 668 g/mol. The standard InChI is InChI=1S/C24H30N4O3.C11H9N3O3.2Li/c1-8-28(9-2)15-20-21(30-6)10-16(11-22(20)31-7)19-14-27(5)24(29)18-13-25-23(26(3)4)12-17(18)19;1-2-3-4-7-12-14(8-15)9-5-6-10(16)13-11(9)17;;/h10-14H,1-2,8-9,15H2,3-7H3;1-2,4,9H,5-6H2,(H,13,16,17);;/q-2;-4;2*+1. The Labute approximate surface area is 317 Å². The first-order valence-corrected chi connectivity index (χ1v) is 14.8. The number of hydrazone groups is 1. The molecule has 1 aliphatic rings. The first kappa shape index (κ1) is 43.9. The Morgan fingerprint density at radius 1 is 1.10 bits per heavy atom. The van der Waals surface area contributed by atoms with E-state index >= 15 is 0 Å². The van der Waals surface area contributed by atoms with Gasteiger partial charge in [-0.1, -0.05) is 0 Å². The molecule has 1 N–H and O–H groups in total. The van der Waals surface area contributed by atoms with Gasteiger partial charge in [-0.2, -0.15) is 0 Å². The number of imide groups is 1. The molecule has 3 heterocycles. The molecule has 2 aromatic heterocycles. The molecule has 256 valence electrons. The summed E-state index contributed by atoms with van der Waals surface area (Å²) in [7, 11) is 8.88. The molecule has 0 radical (unpaired) electrons. The summed E-state index contributed by atoms with van der Waals surface area (Å²) in [5, 5.41) is 7.85. The summed E-state index contributed by atoms with van der Waals surface area (Å²) in [5.41, 5.74) is 2.64. The number of allylic oxidation sites excluding steroid dienone is 3. The fourth-order valence-electron chi connectivity index (χ4n) is 4.86. The molecule has 0 spiro atoms. The van der Waals surface area contributed by atoms with Gasteiger partial charge in [0.05, 0.1) is 25.6 Å². The van der Waals surface area contributed by atoms with Crippen LogP contribution in [0.3, 0.4) is 0 Å². The second kappa shape index (κ2) is 21.2. The van der Waals surface area contributed by atoms with Crippen molar-refractivity contribution in [2.75, 3.05) is 46.3 Å². The second-order valence-electron chi connectivity index (χ2n) is 10.7. The van der Waals surface area contributed by atoms with Gasteiger partial charge < -0.3 is 83.6 Å². The smallest absolute Gasteiger partial charge is 0.550 e. The number of pyridine rings is 2. The van der Waals surface area contributed by atoms with Crippen LogP contribution in [0.5, 0.6) is 11.5 Å². The molecule has 3 amide bonds. The minimum absolute atomic E-state index is 0. The molecule has 0 aliphatic carbocycles. The number of ether oxygens (including phenoxy) is 2. The van der Waals surface area contributed by atoms with Crippen molar-refractivity contribution in [1.82, 2.24) is 24.8 Å². The Kier molecular flexibility index (Phi) is 18.6. The molecule has 1 saturated heterocycles. The van der Waals surface area contributed by atoms with E-state index in [2.05, 4.69) is 46.4 Å². The van der Waals surface area contributed by atoms with Gasteiger partial charge in [-0.15, -0.1) is 19.5 Å². The number of benzene rings is 1. The topological polar surface area (TPSA) is 139 Å². The van der Waals surface area contributed by atoms with Crippen LogP contribution >= 0.6 is 0 Å². The maximum atomic E-state index is 12.7. The van der Waals surface area contributed by atoms with Gasteiger partial charge in [0.25, 0.3) is 5.56 Å². The Bertz CT molecular complexity index is 1730. The fraction of sp³-hybridized carbons (Fsp3) is 0.314. The van der Waals surface area contributed by atoms with E-state index in [0.717, 1.165) is 39.0 Å². The largest absolute Gasteiger partial charge is 1.00 e. The van der Waals surface area contributed by atoms with Crippen molar-refractivity contribution >= 4 is 41.0 Å². The van der Waals surface area contributed by atoms with Crippen molar-refractivity contribution in [3.8, 4) is 22.6 Å². The van der Waals surface area contributed by atoms with Gasteiger partial charge in [0, 0.05) is 63.0 Å². The molecule has 1 atom stereocenters. The molecule has 0 bridgehead atoms. The molecule has 0 saturated carbocycles. The zero-order valence-electron chi connectivity index (χ0n) is 29.8. The Morgan fingerprint density at radius 3 is 2.26 bits per heavy atom. The van der Waals surface area contributed by atoms with E-state index in [0.29, 0.717) is 36.5 Å². The van der Waals surface area contributed by atoms with Gasteiger partial charge in [-0.25, -0.2) is 4.98 Å². The molecule has 15 heteroatoms. The van der Waals surface area contributed by atoms with Crippen molar-refractivity contribution in [2.45, 2.75) is 25.4 Å². The number of amides is 3. The number of nitrogens with zero attached hydrogens (tertiary/aromatic N) is 6. The molecule has 1 fully saturated rings. The molecular formula is C35H39Li2N7O6-4. The van der Waals surface area contributed by atoms with E-state index in [1.54, 1.807) is 32.0 Å². The van der Waals surface area contributed by atoms with Gasteiger partial charge >= 0.3 is 37.7 Å². The number of hydrogen-bond acceptors (Lipinski definition) is 10. The summed E-state index contributed by atoms with van der Waals surface area (Å²) in [4.78, 5) is 54.1. The number of anilines is 1. The molecule has 3 aromatic rings. The Morgan fingerprint density at radius 2 is 1.74 bits per heavy atom. The normalized spacial score (nSPS) is 14.0. The molecule has 1 aliphatic heterocycles. The van der Waals surface area contributed by atoms with Crippen molar-refractivity contribution in [3.05, 3.63) is 85.2 Å². The molecule has 1 aromatic carbocycles. The van der Waals surface area contributed by atoms with Gasteiger partial charge in [0.1, 0.15) is 17.3 Å². The summed E-state index contributed by atoms with van der Waals surface area (Å²) in [5.74, 6) is 1.26. The van der Waals surface area contributed by atoms with Crippen LogP contribution in [-0.2, 0) is 28.0 Å². The van der Waals surface area contributed by atoms with Gasteiger partial charge in [-0.05, 0) is 30.2 Å². The molecule has 1 unspecified atom stereocenters. The minimum atomic E-state index is -0.840. The number of carbonyl (C=O) groups is 2. The monoisotopic (exact) mass is 667 g/mol. The SMILES string of the molecule is [CH-]=C[C-]=C[C-]=NN([C-]=O)C1CCC(=O)NC1=O.[CH2-]CN(C[CH2-])Cc1c(OC)cc(-c2cn(C)c(=O)c3cnc(N(C)C)cc23)cc1OC.[Li+].[Li+]. The number of fused-ring (bicyclic) bond motifs is 1. The van der Waals surface area contributed by atoms with E-state index in [4.69, 9.17) is 16.1 Å². The number of nitrogens with one attached hydrogen (secondary N) is 1. The predicted octanol–water partition coefficient (Wildman–Crippen LogP) is -3.47. The summed E-state index contributed by atoms with van der Waals surface area (Å²) < 4.78 is 13.0. The summed E-state index contributed by atoms with van der Waals surface area (Å²) >= 11 is 0. The van der Waals surface area contributed by atoms with E-state index in [-0.39, 0.29) is 62.0 Å². The maximum absolute atomic E-state index is 12.7. The predicted molar refractivity (Wildman–Crippen MR) is 184 cm³/mol. The van der Waals surface area contributed by atoms with E-state index in [1.807, 2.05) is 43.4 Å². The van der Waals surface area contributed by atoms with Crippen molar-refractivity contribution in [3.63, 3.8) is 0 Å². The van der Waals surface area contributed by atoms with Gasteiger partial charge in [0.2, 0.25) is 11.8 Å². The van der Waals surface area contributed by atoms with Crippen molar-refractivity contribution in [2.24, 2.45) is 12.1 Å². The quantitative estimate of drug-likeness (QED) is 0.0375. The van der Waals surface area contributed by atoms with Crippen molar-refractivity contribution in [1.29, 1.82) is 0 Å².